The highest BCUT2D eigenvalue weighted by molar-refractivity contribution is 9.11. The van der Waals surface area contributed by atoms with Gasteiger partial charge in [0.2, 0.25) is 0 Å². The quantitative estimate of drug-likeness (QED) is 0.741. The molecule has 0 heterocycles. The molecule has 1 nitrogen and oxygen atoms in total. The number of halogens is 2. The number of hydrogen-bond acceptors (Lipinski definition) is 1. The van der Waals surface area contributed by atoms with Gasteiger partial charge in [-0.3, -0.25) is 0 Å². The molecule has 70 valence electrons. The van der Waals surface area contributed by atoms with Crippen molar-refractivity contribution in [1.29, 1.82) is 0 Å². The fourth-order valence-corrected chi connectivity index (χ4v) is 1.11. The van der Waals surface area contributed by atoms with E-state index >= 15 is 0 Å². The summed E-state index contributed by atoms with van der Waals surface area (Å²) in [5.74, 6) is 0.666. The SMILES string of the molecule is FCCOC1=C/C=C(Br)\C=C/C=C\1. The minimum atomic E-state index is -0.466. The predicted molar refractivity (Wildman–Crippen MR) is 55.3 cm³/mol. The van der Waals surface area contributed by atoms with Crippen molar-refractivity contribution in [3.05, 3.63) is 46.7 Å². The van der Waals surface area contributed by atoms with Crippen LogP contribution in [0, 0.1) is 0 Å². The maximum absolute atomic E-state index is 11.8. The fourth-order valence-electron chi connectivity index (χ4n) is 0.823. The molecule has 0 fully saturated rings. The summed E-state index contributed by atoms with van der Waals surface area (Å²) >= 11 is 3.33. The number of rotatable bonds is 3. The molecule has 0 N–H and O–H groups in total. The lowest BCUT2D eigenvalue weighted by Crippen LogP contribution is -1.94. The summed E-state index contributed by atoms with van der Waals surface area (Å²) in [7, 11) is 0. The van der Waals surface area contributed by atoms with Crippen LogP contribution < -0.4 is 0 Å². The Morgan fingerprint density at radius 2 is 2.00 bits per heavy atom. The average Bonchev–Trinajstić information content (AvgIpc) is 2.11. The van der Waals surface area contributed by atoms with Gasteiger partial charge in [-0.1, -0.05) is 28.1 Å². The van der Waals surface area contributed by atoms with Crippen molar-refractivity contribution in [1.82, 2.24) is 0 Å². The molecule has 0 aromatic rings. The van der Waals surface area contributed by atoms with Crippen molar-refractivity contribution in [2.45, 2.75) is 0 Å². The minimum Gasteiger partial charge on any atom is -0.491 e. The van der Waals surface area contributed by atoms with Crippen LogP contribution in [0.25, 0.3) is 0 Å². The van der Waals surface area contributed by atoms with E-state index in [0.29, 0.717) is 5.76 Å². The van der Waals surface area contributed by atoms with Crippen LogP contribution >= 0.6 is 15.9 Å². The summed E-state index contributed by atoms with van der Waals surface area (Å²) in [4.78, 5) is 0. The number of alkyl halides is 1. The third-order valence-corrected chi connectivity index (χ3v) is 1.91. The van der Waals surface area contributed by atoms with Crippen molar-refractivity contribution in [3.63, 3.8) is 0 Å². The summed E-state index contributed by atoms with van der Waals surface area (Å²) in [6.07, 6.45) is 11.1. The normalized spacial score (nSPS) is 28.8. The van der Waals surface area contributed by atoms with Gasteiger partial charge in [0.1, 0.15) is 19.0 Å². The molecule has 1 aliphatic rings. The van der Waals surface area contributed by atoms with Gasteiger partial charge in [-0.25, -0.2) is 4.39 Å². The van der Waals surface area contributed by atoms with E-state index in [0.717, 1.165) is 4.48 Å². The standard InChI is InChI=1S/C10H10BrFO/c11-9-3-1-2-4-10(6-5-9)13-8-7-12/h1-6H,7-8H2/b2-1?,3-1-,4-2-,6-5?,9-3?,9-5+,10-4?,10-6+. The maximum Gasteiger partial charge on any atom is 0.123 e. The highest BCUT2D eigenvalue weighted by Crippen LogP contribution is 2.11. The van der Waals surface area contributed by atoms with Crippen LogP contribution in [0.4, 0.5) is 4.39 Å². The molecule has 3 heteroatoms. The zero-order chi connectivity index (χ0) is 9.52. The molecule has 1 rings (SSSR count). The molecule has 0 unspecified atom stereocenters. The molecule has 13 heavy (non-hydrogen) atoms. The lowest BCUT2D eigenvalue weighted by Gasteiger charge is -2.03. The monoisotopic (exact) mass is 244 g/mol. The summed E-state index contributed by atoms with van der Waals surface area (Å²) in [6, 6.07) is 0. The average molecular weight is 245 g/mol. The van der Waals surface area contributed by atoms with Crippen molar-refractivity contribution in [2.24, 2.45) is 0 Å². The van der Waals surface area contributed by atoms with Gasteiger partial charge in [-0.2, -0.15) is 0 Å². The van der Waals surface area contributed by atoms with Gasteiger partial charge in [0.05, 0.1) is 0 Å². The van der Waals surface area contributed by atoms with Crippen LogP contribution in [-0.2, 0) is 4.74 Å². The molecule has 0 atom stereocenters. The Labute approximate surface area is 85.4 Å². The van der Waals surface area contributed by atoms with E-state index in [2.05, 4.69) is 15.9 Å². The molecular weight excluding hydrogens is 235 g/mol. The molecule has 0 bridgehead atoms. The summed E-state index contributed by atoms with van der Waals surface area (Å²) in [5, 5.41) is 0. The summed E-state index contributed by atoms with van der Waals surface area (Å²) < 4.78 is 17.9. The number of ether oxygens (including phenoxy) is 1. The molecule has 0 spiro atoms. The lowest BCUT2D eigenvalue weighted by molar-refractivity contribution is 0.198. The van der Waals surface area contributed by atoms with Gasteiger partial charge in [0.15, 0.2) is 0 Å². The fraction of sp³-hybridized carbons (Fsp3) is 0.200. The number of hydrogen-bond donors (Lipinski definition) is 0. The van der Waals surface area contributed by atoms with Gasteiger partial charge >= 0.3 is 0 Å². The van der Waals surface area contributed by atoms with Gasteiger partial charge in [0, 0.05) is 4.48 Å². The Hall–Kier alpha value is -0.830. The van der Waals surface area contributed by atoms with Gasteiger partial charge in [-0.05, 0) is 24.3 Å². The van der Waals surface area contributed by atoms with Crippen LogP contribution in [-0.4, -0.2) is 13.3 Å². The van der Waals surface area contributed by atoms with Crippen LogP contribution in [0.2, 0.25) is 0 Å². The Morgan fingerprint density at radius 1 is 1.23 bits per heavy atom. The van der Waals surface area contributed by atoms with E-state index in [-0.39, 0.29) is 6.61 Å². The first kappa shape index (κ1) is 10.3. The smallest absolute Gasteiger partial charge is 0.123 e. The Kier molecular flexibility index (Phi) is 4.54. The Bertz CT molecular complexity index is 277. The molecule has 0 radical (unpaired) electrons. The van der Waals surface area contributed by atoms with Crippen LogP contribution in [0.5, 0.6) is 0 Å². The minimum absolute atomic E-state index is 0.103. The third-order valence-electron chi connectivity index (χ3n) is 1.38. The molecule has 0 aromatic carbocycles. The highest BCUT2D eigenvalue weighted by atomic mass is 79.9. The Morgan fingerprint density at radius 3 is 2.77 bits per heavy atom. The van der Waals surface area contributed by atoms with E-state index in [1.807, 2.05) is 24.3 Å². The molecule has 0 saturated heterocycles. The first-order valence-corrected chi connectivity index (χ1v) is 4.73. The topological polar surface area (TPSA) is 9.23 Å². The van der Waals surface area contributed by atoms with Gasteiger partial charge in [-0.15, -0.1) is 0 Å². The molecule has 1 aliphatic carbocycles. The largest absolute Gasteiger partial charge is 0.491 e. The van der Waals surface area contributed by atoms with E-state index in [1.165, 1.54) is 0 Å². The van der Waals surface area contributed by atoms with E-state index in [4.69, 9.17) is 4.74 Å². The molecule has 0 saturated carbocycles. The molecule has 0 amide bonds. The van der Waals surface area contributed by atoms with E-state index in [9.17, 15) is 4.39 Å². The second-order valence-electron chi connectivity index (χ2n) is 2.38. The maximum atomic E-state index is 11.8. The zero-order valence-electron chi connectivity index (χ0n) is 7.04. The molecular formula is C10H10BrFO. The van der Waals surface area contributed by atoms with E-state index < -0.39 is 6.67 Å². The van der Waals surface area contributed by atoms with Crippen molar-refractivity contribution < 1.29 is 9.13 Å². The molecule has 0 aromatic heterocycles. The van der Waals surface area contributed by atoms with Gasteiger partial charge < -0.3 is 4.74 Å². The first-order chi connectivity index (χ1) is 6.33. The van der Waals surface area contributed by atoms with Crippen LogP contribution in [0.15, 0.2) is 46.7 Å². The summed E-state index contributed by atoms with van der Waals surface area (Å²) in [5.41, 5.74) is 0. The summed E-state index contributed by atoms with van der Waals surface area (Å²) in [6.45, 7) is -0.364. The zero-order valence-corrected chi connectivity index (χ0v) is 8.63. The molecule has 0 aliphatic heterocycles. The van der Waals surface area contributed by atoms with Crippen molar-refractivity contribution in [2.75, 3.05) is 13.3 Å². The highest BCUT2D eigenvalue weighted by Gasteiger charge is 1.93. The third kappa shape index (κ3) is 4.08. The van der Waals surface area contributed by atoms with E-state index in [1.54, 1.807) is 12.2 Å². The first-order valence-electron chi connectivity index (χ1n) is 3.94. The Balaban J connectivity index is 2.62. The van der Waals surface area contributed by atoms with Crippen molar-refractivity contribution >= 4 is 15.9 Å². The second kappa shape index (κ2) is 5.75. The lowest BCUT2D eigenvalue weighted by atomic mass is 10.3. The number of allylic oxidation sites excluding steroid dienone is 7. The van der Waals surface area contributed by atoms with Crippen molar-refractivity contribution in [3.8, 4) is 0 Å². The second-order valence-corrected chi connectivity index (χ2v) is 3.29. The van der Waals surface area contributed by atoms with Crippen LogP contribution in [0.1, 0.15) is 0 Å². The predicted octanol–water partition coefficient (Wildman–Crippen LogP) is 3.26. The van der Waals surface area contributed by atoms with Crippen LogP contribution in [0.3, 0.4) is 0 Å². The van der Waals surface area contributed by atoms with Gasteiger partial charge in [0.25, 0.3) is 0 Å².